The van der Waals surface area contributed by atoms with E-state index in [9.17, 15) is 9.90 Å². The number of imidazole rings is 1. The number of nitrogens with two attached hydrogens (primary N) is 1. The van der Waals surface area contributed by atoms with Gasteiger partial charge in [0.15, 0.2) is 17.3 Å². The minimum atomic E-state index is -1.22. The number of hydrogen-bond acceptors (Lipinski definition) is 10. The van der Waals surface area contributed by atoms with Crippen molar-refractivity contribution in [1.29, 1.82) is 0 Å². The average molecular weight is 500 g/mol. The van der Waals surface area contributed by atoms with E-state index in [2.05, 4.69) is 37.4 Å². The first-order chi connectivity index (χ1) is 16.9. The van der Waals surface area contributed by atoms with Crippen molar-refractivity contribution in [2.45, 2.75) is 72.1 Å². The molecule has 0 spiro atoms. The number of fused-ring (bicyclic) bond motifs is 1. The first-order valence-corrected chi connectivity index (χ1v) is 11.7. The number of aryl methyl sites for hydroxylation is 1. The lowest BCUT2D eigenvalue weighted by molar-refractivity contribution is 0.0526. The fraction of sp³-hybridized carbons (Fsp3) is 0.542. The summed E-state index contributed by atoms with van der Waals surface area (Å²) in [6.45, 7) is 12.0. The lowest BCUT2D eigenvalue weighted by Gasteiger charge is -2.19. The summed E-state index contributed by atoms with van der Waals surface area (Å²) in [6.07, 6.45) is 0.930. The molecule has 0 aliphatic heterocycles. The van der Waals surface area contributed by atoms with Crippen LogP contribution in [-0.4, -0.2) is 60.4 Å². The molecule has 3 aromatic rings. The third-order valence-electron chi connectivity index (χ3n) is 4.73. The molecule has 1 amide bonds. The molecule has 0 saturated heterocycles. The zero-order chi connectivity index (χ0) is 26.5. The van der Waals surface area contributed by atoms with Crippen LogP contribution in [0.25, 0.3) is 22.6 Å². The van der Waals surface area contributed by atoms with Gasteiger partial charge < -0.3 is 30.2 Å². The van der Waals surface area contributed by atoms with Gasteiger partial charge in [-0.15, -0.1) is 0 Å². The van der Waals surface area contributed by atoms with E-state index in [-0.39, 0.29) is 5.82 Å². The zero-order valence-corrected chi connectivity index (χ0v) is 21.5. The van der Waals surface area contributed by atoms with E-state index in [1.54, 1.807) is 19.9 Å². The highest BCUT2D eigenvalue weighted by molar-refractivity contribution is 5.86. The highest BCUT2D eigenvalue weighted by Crippen LogP contribution is 2.29. The first-order valence-electron chi connectivity index (χ1n) is 11.7. The molecule has 0 aliphatic carbocycles. The summed E-state index contributed by atoms with van der Waals surface area (Å²) in [5.74, 6) is 6.63. The van der Waals surface area contributed by atoms with Gasteiger partial charge in [0.1, 0.15) is 22.4 Å². The van der Waals surface area contributed by atoms with Crippen molar-refractivity contribution in [3.8, 4) is 29.2 Å². The molecule has 3 heterocycles. The van der Waals surface area contributed by atoms with Crippen LogP contribution < -0.4 is 15.8 Å². The SMILES string of the molecule is CCn1c(-c2nonc2N)nc2c(C#CC(C)(C)O)nc(OCCCCNC(=O)OC(C)(C)C)cc21. The number of alkyl carbamates (subject to hydrolysis) is 1. The predicted octanol–water partition coefficient (Wildman–Crippen LogP) is 2.89. The van der Waals surface area contributed by atoms with Crippen LogP contribution in [0.1, 0.15) is 60.1 Å². The Morgan fingerprint density at radius 3 is 2.58 bits per heavy atom. The Kier molecular flexibility index (Phi) is 8.04. The smallest absolute Gasteiger partial charge is 0.407 e. The van der Waals surface area contributed by atoms with Crippen LogP contribution in [0.4, 0.5) is 10.6 Å². The third-order valence-corrected chi connectivity index (χ3v) is 4.73. The molecule has 3 aromatic heterocycles. The predicted molar refractivity (Wildman–Crippen MR) is 133 cm³/mol. The van der Waals surface area contributed by atoms with Crippen LogP contribution in [-0.2, 0) is 11.3 Å². The number of nitrogens with one attached hydrogen (secondary N) is 1. The van der Waals surface area contributed by atoms with E-state index >= 15 is 0 Å². The standard InChI is InChI=1S/C24H33N7O5/c1-7-31-16-14-17(34-13-9-8-12-26-22(32)35-23(2,3)4)27-15(10-11-24(5,6)33)18(16)28-21(31)19-20(25)30-36-29-19/h14,33H,7-9,12-13H2,1-6H3,(H2,25,30)(H,26,32). The van der Waals surface area contributed by atoms with Gasteiger partial charge in [-0.25, -0.2) is 19.4 Å². The maximum atomic E-state index is 11.7. The van der Waals surface area contributed by atoms with Gasteiger partial charge in [-0.3, -0.25) is 0 Å². The number of unbranched alkanes of at least 4 members (excludes halogenated alkanes) is 1. The van der Waals surface area contributed by atoms with Gasteiger partial charge in [0.05, 0.1) is 12.1 Å². The van der Waals surface area contributed by atoms with Crippen molar-refractivity contribution in [3.63, 3.8) is 0 Å². The number of aromatic nitrogens is 5. The van der Waals surface area contributed by atoms with E-state index in [0.29, 0.717) is 66.7 Å². The monoisotopic (exact) mass is 499 g/mol. The molecule has 0 atom stereocenters. The average Bonchev–Trinajstić information content (AvgIpc) is 3.35. The van der Waals surface area contributed by atoms with Crippen molar-refractivity contribution in [2.75, 3.05) is 18.9 Å². The maximum Gasteiger partial charge on any atom is 0.407 e. The molecular formula is C24H33N7O5. The Labute approximate surface area is 209 Å². The van der Waals surface area contributed by atoms with E-state index in [0.717, 1.165) is 0 Å². The Morgan fingerprint density at radius 2 is 1.97 bits per heavy atom. The van der Waals surface area contributed by atoms with Crippen molar-refractivity contribution in [1.82, 2.24) is 30.2 Å². The van der Waals surface area contributed by atoms with Crippen molar-refractivity contribution < 1.29 is 24.0 Å². The summed E-state index contributed by atoms with van der Waals surface area (Å²) in [5.41, 5.74) is 6.03. The summed E-state index contributed by atoms with van der Waals surface area (Å²) in [7, 11) is 0. The van der Waals surface area contributed by atoms with Crippen LogP contribution in [0.3, 0.4) is 0 Å². The molecule has 3 rings (SSSR count). The Hall–Kier alpha value is -3.85. The van der Waals surface area contributed by atoms with Gasteiger partial charge in [0.2, 0.25) is 5.88 Å². The maximum absolute atomic E-state index is 11.7. The molecule has 0 aromatic carbocycles. The Balaban J connectivity index is 1.79. The number of carbonyl (C=O) groups excluding carboxylic acids is 1. The topological polar surface area (TPSA) is 163 Å². The second-order valence-electron chi connectivity index (χ2n) is 9.65. The van der Waals surface area contributed by atoms with Gasteiger partial charge >= 0.3 is 6.09 Å². The van der Waals surface area contributed by atoms with Crippen molar-refractivity contribution >= 4 is 22.9 Å². The largest absolute Gasteiger partial charge is 0.478 e. The molecule has 0 fully saturated rings. The Morgan fingerprint density at radius 1 is 1.22 bits per heavy atom. The van der Waals surface area contributed by atoms with Crippen LogP contribution in [0, 0.1) is 11.8 Å². The second-order valence-corrected chi connectivity index (χ2v) is 9.65. The number of rotatable bonds is 8. The number of aliphatic hydroxyl groups is 1. The molecule has 12 nitrogen and oxygen atoms in total. The van der Waals surface area contributed by atoms with Crippen LogP contribution >= 0.6 is 0 Å². The molecule has 0 unspecified atom stereocenters. The molecule has 12 heteroatoms. The summed E-state index contributed by atoms with van der Waals surface area (Å²) < 4.78 is 17.8. The number of amides is 1. The summed E-state index contributed by atoms with van der Waals surface area (Å²) in [5, 5.41) is 20.3. The summed E-state index contributed by atoms with van der Waals surface area (Å²) in [6, 6.07) is 1.77. The first kappa shape index (κ1) is 26.7. The minimum absolute atomic E-state index is 0.119. The summed E-state index contributed by atoms with van der Waals surface area (Å²) in [4.78, 5) is 20.9. The van der Waals surface area contributed by atoms with Crippen LogP contribution in [0.15, 0.2) is 10.7 Å². The lowest BCUT2D eigenvalue weighted by atomic mass is 10.1. The van der Waals surface area contributed by atoms with Gasteiger partial charge in [-0.2, -0.15) is 0 Å². The summed E-state index contributed by atoms with van der Waals surface area (Å²) >= 11 is 0. The molecule has 4 N–H and O–H groups in total. The van der Waals surface area contributed by atoms with E-state index < -0.39 is 17.3 Å². The molecule has 0 bridgehead atoms. The van der Waals surface area contributed by atoms with E-state index in [1.165, 1.54) is 0 Å². The van der Waals surface area contributed by atoms with Crippen molar-refractivity contribution in [3.05, 3.63) is 11.8 Å². The molecule has 0 saturated carbocycles. The number of ether oxygens (including phenoxy) is 2. The quantitative estimate of drug-likeness (QED) is 0.310. The van der Waals surface area contributed by atoms with E-state index in [1.807, 2.05) is 32.3 Å². The van der Waals surface area contributed by atoms with Gasteiger partial charge in [0.25, 0.3) is 0 Å². The number of hydrogen-bond donors (Lipinski definition) is 3. The zero-order valence-electron chi connectivity index (χ0n) is 21.5. The number of nitrogen functional groups attached to an aromatic ring is 1. The highest BCUT2D eigenvalue weighted by Gasteiger charge is 2.22. The van der Waals surface area contributed by atoms with Crippen LogP contribution in [0.5, 0.6) is 5.88 Å². The number of nitrogens with zero attached hydrogens (tertiary/aromatic N) is 5. The number of pyridine rings is 1. The van der Waals surface area contributed by atoms with Gasteiger partial charge in [-0.1, -0.05) is 5.92 Å². The van der Waals surface area contributed by atoms with E-state index in [4.69, 9.17) is 19.8 Å². The van der Waals surface area contributed by atoms with Crippen molar-refractivity contribution in [2.24, 2.45) is 0 Å². The lowest BCUT2D eigenvalue weighted by Crippen LogP contribution is -2.33. The molecule has 0 aliphatic rings. The minimum Gasteiger partial charge on any atom is -0.478 e. The molecule has 0 radical (unpaired) electrons. The number of anilines is 1. The third kappa shape index (κ3) is 7.08. The molecule has 36 heavy (non-hydrogen) atoms. The Bertz CT molecular complexity index is 1270. The number of carbonyl (C=O) groups is 1. The van der Waals surface area contributed by atoms with Gasteiger partial charge in [-0.05, 0) is 70.6 Å². The normalized spacial score (nSPS) is 11.8. The fourth-order valence-corrected chi connectivity index (χ4v) is 3.23. The van der Waals surface area contributed by atoms with Crippen LogP contribution in [0.2, 0.25) is 0 Å². The molecule has 194 valence electrons. The fourth-order valence-electron chi connectivity index (χ4n) is 3.23. The highest BCUT2D eigenvalue weighted by atomic mass is 16.6. The molecular weight excluding hydrogens is 466 g/mol. The second kappa shape index (κ2) is 10.8. The van der Waals surface area contributed by atoms with Gasteiger partial charge in [0, 0.05) is 19.2 Å².